The summed E-state index contributed by atoms with van der Waals surface area (Å²) in [6.07, 6.45) is 1.71. The Bertz CT molecular complexity index is 927. The molecular weight excluding hydrogens is 346 g/mol. The molecule has 0 spiro atoms. The average Bonchev–Trinajstić information content (AvgIpc) is 2.72. The van der Waals surface area contributed by atoms with E-state index in [9.17, 15) is 0 Å². The van der Waals surface area contributed by atoms with E-state index in [1.165, 1.54) is 0 Å². The molecule has 3 heterocycles. The number of nitrogens with zero attached hydrogens (tertiary/aromatic N) is 5. The van der Waals surface area contributed by atoms with Crippen molar-refractivity contribution in [3.8, 4) is 11.3 Å². The number of hydrogen-bond donors (Lipinski definition) is 2. The van der Waals surface area contributed by atoms with E-state index in [1.54, 1.807) is 13.2 Å². The van der Waals surface area contributed by atoms with E-state index >= 15 is 0 Å². The summed E-state index contributed by atoms with van der Waals surface area (Å²) < 4.78 is 5.43. The van der Waals surface area contributed by atoms with E-state index in [1.807, 2.05) is 24.3 Å². The normalized spacial score (nSPS) is 14.6. The monoisotopic (exact) mass is 367 g/mol. The number of hydrogen-bond acceptors (Lipinski definition) is 9. The van der Waals surface area contributed by atoms with E-state index in [0.717, 1.165) is 29.9 Å². The third kappa shape index (κ3) is 3.80. The van der Waals surface area contributed by atoms with Gasteiger partial charge in [0, 0.05) is 25.7 Å². The molecule has 3 N–H and O–H groups in total. The number of nitrogens with one attached hydrogen (secondary N) is 1. The van der Waals surface area contributed by atoms with Crippen LogP contribution in [0.2, 0.25) is 0 Å². The fourth-order valence-corrected chi connectivity index (χ4v) is 2.97. The highest BCUT2D eigenvalue weighted by molar-refractivity contribution is 5.85. The highest BCUT2D eigenvalue weighted by Crippen LogP contribution is 2.26. The maximum Gasteiger partial charge on any atom is 0.224 e. The third-order valence-corrected chi connectivity index (χ3v) is 4.35. The van der Waals surface area contributed by atoms with Crippen LogP contribution in [0.1, 0.15) is 5.56 Å². The molecule has 140 valence electrons. The summed E-state index contributed by atoms with van der Waals surface area (Å²) in [6, 6.07) is 8.00. The van der Waals surface area contributed by atoms with Gasteiger partial charge in [0.1, 0.15) is 0 Å². The van der Waals surface area contributed by atoms with Crippen LogP contribution in [0.15, 0.2) is 30.5 Å². The van der Waals surface area contributed by atoms with Crippen molar-refractivity contribution in [1.82, 2.24) is 25.4 Å². The molecule has 0 amide bonds. The van der Waals surface area contributed by atoms with Gasteiger partial charge in [-0.25, -0.2) is 15.4 Å². The number of fused-ring (bicyclic) bond motifs is 1. The zero-order valence-corrected chi connectivity index (χ0v) is 15.1. The standard InChI is InChI=1S/C18H21N7O2/c1-20-27-11-12-2-4-13(5-3-12)14-10-21-16-15(22-14)17(24-18(19)23-16)25-6-8-26-9-7-25/h2-5,10,20H,6-9,11H2,1H3,(H2,19,21,23,24). The molecule has 9 nitrogen and oxygen atoms in total. The molecule has 0 aliphatic carbocycles. The molecule has 1 saturated heterocycles. The predicted molar refractivity (Wildman–Crippen MR) is 102 cm³/mol. The first-order valence-electron chi connectivity index (χ1n) is 8.75. The molecule has 0 unspecified atom stereocenters. The largest absolute Gasteiger partial charge is 0.378 e. The Hall–Kier alpha value is -2.88. The van der Waals surface area contributed by atoms with Crippen molar-refractivity contribution in [3.63, 3.8) is 0 Å². The van der Waals surface area contributed by atoms with E-state index < -0.39 is 0 Å². The van der Waals surface area contributed by atoms with Crippen LogP contribution in [-0.2, 0) is 16.2 Å². The maximum atomic E-state index is 5.87. The highest BCUT2D eigenvalue weighted by atomic mass is 16.6. The Balaban J connectivity index is 1.71. The fraction of sp³-hybridized carbons (Fsp3) is 0.333. The van der Waals surface area contributed by atoms with Crippen LogP contribution in [0, 0.1) is 0 Å². The Kier molecular flexibility index (Phi) is 5.05. The Labute approximate surface area is 156 Å². The van der Waals surface area contributed by atoms with Crippen molar-refractivity contribution in [1.29, 1.82) is 0 Å². The summed E-state index contributed by atoms with van der Waals surface area (Å²) in [6.45, 7) is 3.26. The SMILES string of the molecule is CNOCc1ccc(-c2cnc3nc(N)nc(N4CCOCC4)c3n2)cc1. The zero-order chi connectivity index (χ0) is 18.6. The van der Waals surface area contributed by atoms with Crippen LogP contribution in [-0.4, -0.2) is 53.3 Å². The second-order valence-corrected chi connectivity index (χ2v) is 6.12. The summed E-state index contributed by atoms with van der Waals surface area (Å²) in [5.41, 5.74) is 12.5. The van der Waals surface area contributed by atoms with Crippen LogP contribution in [0.5, 0.6) is 0 Å². The second-order valence-electron chi connectivity index (χ2n) is 6.12. The molecule has 0 radical (unpaired) electrons. The summed E-state index contributed by atoms with van der Waals surface area (Å²) in [5, 5.41) is 0. The summed E-state index contributed by atoms with van der Waals surface area (Å²) in [7, 11) is 1.74. The first-order valence-corrected chi connectivity index (χ1v) is 8.75. The van der Waals surface area contributed by atoms with Gasteiger partial charge in [-0.1, -0.05) is 24.3 Å². The Morgan fingerprint density at radius 3 is 2.67 bits per heavy atom. The van der Waals surface area contributed by atoms with Gasteiger partial charge < -0.3 is 15.4 Å². The van der Waals surface area contributed by atoms with Crippen molar-refractivity contribution < 1.29 is 9.57 Å². The number of benzene rings is 1. The van der Waals surface area contributed by atoms with Crippen LogP contribution < -0.4 is 16.1 Å². The van der Waals surface area contributed by atoms with Gasteiger partial charge in [0.25, 0.3) is 0 Å². The lowest BCUT2D eigenvalue weighted by Gasteiger charge is -2.28. The lowest BCUT2D eigenvalue weighted by atomic mass is 10.1. The van der Waals surface area contributed by atoms with Gasteiger partial charge >= 0.3 is 0 Å². The van der Waals surface area contributed by atoms with Crippen LogP contribution >= 0.6 is 0 Å². The van der Waals surface area contributed by atoms with Gasteiger partial charge in [0.05, 0.1) is 31.7 Å². The highest BCUT2D eigenvalue weighted by Gasteiger charge is 2.19. The first-order chi connectivity index (χ1) is 13.2. The van der Waals surface area contributed by atoms with Crippen LogP contribution in [0.4, 0.5) is 11.8 Å². The minimum atomic E-state index is 0.194. The van der Waals surface area contributed by atoms with Crippen molar-refractivity contribution in [2.45, 2.75) is 6.61 Å². The Morgan fingerprint density at radius 1 is 1.15 bits per heavy atom. The average molecular weight is 367 g/mol. The minimum Gasteiger partial charge on any atom is -0.378 e. The van der Waals surface area contributed by atoms with Crippen LogP contribution in [0.25, 0.3) is 22.4 Å². The topological polar surface area (TPSA) is 111 Å². The zero-order valence-electron chi connectivity index (χ0n) is 15.1. The third-order valence-electron chi connectivity index (χ3n) is 4.35. The van der Waals surface area contributed by atoms with Gasteiger partial charge in [0.2, 0.25) is 5.95 Å². The molecular formula is C18H21N7O2. The van der Waals surface area contributed by atoms with Gasteiger partial charge in [-0.3, -0.25) is 4.84 Å². The molecule has 1 fully saturated rings. The quantitative estimate of drug-likeness (QED) is 0.642. The molecule has 9 heteroatoms. The molecule has 0 bridgehead atoms. The molecule has 4 rings (SSSR count). The molecule has 1 aliphatic rings. The van der Waals surface area contributed by atoms with Gasteiger partial charge in [-0.15, -0.1) is 0 Å². The Morgan fingerprint density at radius 2 is 1.93 bits per heavy atom. The van der Waals surface area contributed by atoms with Crippen molar-refractivity contribution in [3.05, 3.63) is 36.0 Å². The number of nitrogens with two attached hydrogens (primary N) is 1. The van der Waals surface area contributed by atoms with Gasteiger partial charge in [-0.2, -0.15) is 9.97 Å². The molecule has 1 aromatic carbocycles. The summed E-state index contributed by atoms with van der Waals surface area (Å²) >= 11 is 0. The smallest absolute Gasteiger partial charge is 0.224 e. The number of nitrogen functional groups attached to an aromatic ring is 1. The number of ether oxygens (including phenoxy) is 1. The van der Waals surface area contributed by atoms with Crippen molar-refractivity contribution in [2.24, 2.45) is 0 Å². The van der Waals surface area contributed by atoms with Gasteiger partial charge in [0.15, 0.2) is 17.0 Å². The summed E-state index contributed by atoms with van der Waals surface area (Å²) in [5.74, 6) is 0.897. The number of hydroxylamine groups is 1. The summed E-state index contributed by atoms with van der Waals surface area (Å²) in [4.78, 5) is 25.2. The lowest BCUT2D eigenvalue weighted by molar-refractivity contribution is 0.0444. The van der Waals surface area contributed by atoms with E-state index in [4.69, 9.17) is 20.3 Å². The number of rotatable bonds is 5. The second kappa shape index (κ2) is 7.78. The fourth-order valence-electron chi connectivity index (χ4n) is 2.97. The molecule has 27 heavy (non-hydrogen) atoms. The molecule has 1 aliphatic heterocycles. The van der Waals surface area contributed by atoms with Crippen molar-refractivity contribution >= 4 is 22.9 Å². The maximum absolute atomic E-state index is 5.87. The number of aromatic nitrogens is 4. The van der Waals surface area contributed by atoms with E-state index in [0.29, 0.717) is 36.8 Å². The molecule has 0 saturated carbocycles. The predicted octanol–water partition coefficient (Wildman–Crippen LogP) is 1.16. The number of anilines is 2. The van der Waals surface area contributed by atoms with E-state index in [2.05, 4.69) is 25.3 Å². The van der Waals surface area contributed by atoms with Crippen LogP contribution in [0.3, 0.4) is 0 Å². The molecule has 2 aromatic heterocycles. The molecule has 3 aromatic rings. The minimum absolute atomic E-state index is 0.194. The first kappa shape index (κ1) is 17.5. The van der Waals surface area contributed by atoms with E-state index in [-0.39, 0.29) is 5.95 Å². The number of morpholine rings is 1. The van der Waals surface area contributed by atoms with Crippen molar-refractivity contribution in [2.75, 3.05) is 44.0 Å². The lowest BCUT2D eigenvalue weighted by Crippen LogP contribution is -2.37. The van der Waals surface area contributed by atoms with Gasteiger partial charge in [-0.05, 0) is 5.56 Å². The molecule has 0 atom stereocenters.